The van der Waals surface area contributed by atoms with Gasteiger partial charge in [0.2, 0.25) is 5.95 Å². The summed E-state index contributed by atoms with van der Waals surface area (Å²) in [7, 11) is 0. The minimum Gasteiger partial charge on any atom is -0.308 e. The van der Waals surface area contributed by atoms with Crippen LogP contribution in [0.15, 0.2) is 461 Å². The second kappa shape index (κ2) is 29.8. The Bertz CT molecular complexity index is 11800. The van der Waals surface area contributed by atoms with Crippen LogP contribution in [0.5, 0.6) is 0 Å². The van der Waals surface area contributed by atoms with Crippen LogP contribution in [0.1, 0.15) is 0 Å². The zero-order chi connectivity index (χ0) is 96.1. The molecule has 0 unspecified atom stereocenters. The summed E-state index contributed by atoms with van der Waals surface area (Å²) in [6.07, 6.45) is 0. The van der Waals surface area contributed by atoms with Gasteiger partial charge in [0, 0.05) is 130 Å². The molecule has 0 atom stereocenters. The maximum absolute atomic E-state index is 5.97. The van der Waals surface area contributed by atoms with Crippen LogP contribution < -0.4 is 0 Å². The van der Waals surface area contributed by atoms with E-state index in [2.05, 4.69) is 482 Å². The molecule has 0 radical (unpaired) electrons. The van der Waals surface area contributed by atoms with E-state index in [-0.39, 0.29) is 0 Å². The number of fused-ring (bicyclic) bond motifs is 34. The van der Waals surface area contributed by atoms with Crippen molar-refractivity contribution in [1.29, 1.82) is 0 Å². The van der Waals surface area contributed by atoms with Gasteiger partial charge in [0.05, 0.1) is 105 Å². The predicted octanol–water partition coefficient (Wildman–Crippen LogP) is 34.7. The highest BCUT2D eigenvalue weighted by Crippen LogP contribution is 2.54. The van der Waals surface area contributed by atoms with E-state index >= 15 is 0 Å². The maximum Gasteiger partial charge on any atom is 0.235 e. The van der Waals surface area contributed by atoms with E-state index < -0.39 is 0 Å². The first-order chi connectivity index (χ1) is 73.4. The Hall–Kier alpha value is -20.1. The van der Waals surface area contributed by atoms with Gasteiger partial charge in [-0.1, -0.05) is 322 Å². The van der Waals surface area contributed by atoms with Gasteiger partial charge >= 0.3 is 0 Å². The van der Waals surface area contributed by atoms with Crippen LogP contribution in [0.4, 0.5) is 0 Å². The molecule has 0 aliphatic rings. The van der Waals surface area contributed by atoms with Crippen LogP contribution >= 0.6 is 0 Å². The number of nitrogens with zero attached hydrogens (tertiary/aromatic N) is 12. The standard InChI is InChI=1S/C136H76N12/c1-4-28-77(29-5-1)84-59-65-119-101(70-84)108-76-106-100-72-86(61-64-118(100)145-117-53-25-16-43-98(117)123(128(106)145)130(108)146(119)134-95-40-11-19-47-111(95)137-132(141-134)81-32-8-3-9-33-81)82-34-26-36-89(69-82)133-138-112-48-20-12-41-96(112)135(142-133)147-120-67-62-88(73-103(120)107-74-104-92-37-13-21-49-113(92)143-115-51-23-15-42-97(115)122(126(104)143)129(107)147)90-45-27-35-87-68-83(58-63-91(87)90)79-54-56-80(57-55-79)125-94-39-10-18-46-110(94)139-136(140-125)148-121-66-60-85(78-30-6-2-7-31-78)71-102(121)109-75-105-93-38-14-22-50-114(93)144-116-52-24-17-44-99(116)124(127(105)144)131(109)148/h1-76H. The lowest BCUT2D eigenvalue weighted by Gasteiger charge is -2.14. The lowest BCUT2D eigenvalue weighted by molar-refractivity contribution is 1.02. The highest BCUT2D eigenvalue weighted by Gasteiger charge is 2.33. The molecule has 0 saturated heterocycles. The van der Waals surface area contributed by atoms with Crippen LogP contribution in [0, 0.1) is 0 Å². The van der Waals surface area contributed by atoms with E-state index in [4.69, 9.17) is 29.9 Å². The minimum absolute atomic E-state index is 0.620. The summed E-state index contributed by atoms with van der Waals surface area (Å²) < 4.78 is 14.7. The molecular formula is C136H76N12. The van der Waals surface area contributed by atoms with Gasteiger partial charge in [0.25, 0.3) is 0 Å². The van der Waals surface area contributed by atoms with E-state index in [9.17, 15) is 0 Å². The van der Waals surface area contributed by atoms with E-state index in [1.807, 2.05) is 6.07 Å². The Morgan fingerprint density at radius 3 is 0.993 bits per heavy atom. The average Bonchev–Trinajstić information content (AvgIpc) is 1.52. The van der Waals surface area contributed by atoms with Crippen LogP contribution in [0.25, 0.3) is 330 Å². The Labute approximate surface area is 842 Å². The predicted molar refractivity (Wildman–Crippen MR) is 614 cm³/mol. The van der Waals surface area contributed by atoms with E-state index in [1.165, 1.54) is 97.9 Å². The highest BCUT2D eigenvalue weighted by atomic mass is 15.2. The number of rotatable bonds is 11. The van der Waals surface area contributed by atoms with Crippen molar-refractivity contribution in [1.82, 2.24) is 56.8 Å². The molecule has 0 spiro atoms. The van der Waals surface area contributed by atoms with Gasteiger partial charge in [-0.25, -0.2) is 29.9 Å². The third kappa shape index (κ3) is 11.0. The number of hydrogen-bond donors (Lipinski definition) is 0. The summed E-state index contributed by atoms with van der Waals surface area (Å²) in [5.41, 5.74) is 34.6. The van der Waals surface area contributed by atoms with Crippen molar-refractivity contribution in [3.63, 3.8) is 0 Å². The lowest BCUT2D eigenvalue weighted by atomic mass is 9.94. The van der Waals surface area contributed by atoms with Gasteiger partial charge in [-0.05, 0) is 206 Å². The van der Waals surface area contributed by atoms with Crippen molar-refractivity contribution in [3.05, 3.63) is 461 Å². The smallest absolute Gasteiger partial charge is 0.235 e. The first-order valence-corrected chi connectivity index (χ1v) is 50.6. The Morgan fingerprint density at radius 2 is 0.473 bits per heavy atom. The monoisotopic (exact) mass is 1880 g/mol. The quantitative estimate of drug-likeness (QED) is 0.128. The number of aromatic nitrogens is 12. The van der Waals surface area contributed by atoms with Crippen LogP contribution in [0.2, 0.25) is 0 Å². The Kier molecular flexibility index (Phi) is 16.0. The molecule has 148 heavy (non-hydrogen) atoms. The van der Waals surface area contributed by atoms with Gasteiger partial charge in [0.15, 0.2) is 11.6 Å². The van der Waals surface area contributed by atoms with Crippen molar-refractivity contribution in [2.24, 2.45) is 0 Å². The van der Waals surface area contributed by atoms with Gasteiger partial charge in [-0.3, -0.25) is 13.7 Å². The fourth-order valence-corrected chi connectivity index (χ4v) is 25.8. The molecular weight excluding hydrogens is 1800 g/mol. The summed E-state index contributed by atoms with van der Waals surface area (Å²) in [5, 5.41) is 26.4. The van der Waals surface area contributed by atoms with Crippen molar-refractivity contribution >= 4 is 223 Å². The molecule has 0 aliphatic heterocycles. The van der Waals surface area contributed by atoms with Gasteiger partial charge < -0.3 is 13.2 Å². The fourth-order valence-electron chi connectivity index (χ4n) is 25.8. The zero-order valence-corrected chi connectivity index (χ0v) is 79.2. The van der Waals surface area contributed by atoms with E-state index in [0.717, 1.165) is 215 Å². The number of para-hydroxylation sites is 8. The molecule has 12 heteroatoms. The van der Waals surface area contributed by atoms with Crippen molar-refractivity contribution in [2.45, 2.75) is 0 Å². The maximum atomic E-state index is 5.97. The summed E-state index contributed by atoms with van der Waals surface area (Å²) >= 11 is 0. The molecule has 12 nitrogen and oxygen atoms in total. The molecule has 0 N–H and O–H groups in total. The Morgan fingerprint density at radius 1 is 0.149 bits per heavy atom. The third-order valence-corrected chi connectivity index (χ3v) is 32.1. The second-order valence-electron chi connectivity index (χ2n) is 39.8. The molecule has 22 aromatic carbocycles. The summed E-state index contributed by atoms with van der Waals surface area (Å²) in [6, 6.07) is 169. The molecule has 0 fully saturated rings. The molecule has 34 aromatic rings. The minimum atomic E-state index is 0.620. The van der Waals surface area contributed by atoms with E-state index in [0.29, 0.717) is 17.6 Å². The second-order valence-corrected chi connectivity index (χ2v) is 39.8. The molecule has 0 aliphatic carbocycles. The van der Waals surface area contributed by atoms with E-state index in [1.54, 1.807) is 0 Å². The normalized spacial score (nSPS) is 12.5. The zero-order valence-electron chi connectivity index (χ0n) is 79.2. The summed E-state index contributed by atoms with van der Waals surface area (Å²) in [5.74, 6) is 3.56. The highest BCUT2D eigenvalue weighted by molar-refractivity contribution is 6.38. The van der Waals surface area contributed by atoms with Crippen molar-refractivity contribution in [3.8, 4) is 107 Å². The lowest BCUT2D eigenvalue weighted by Crippen LogP contribution is -2.03. The number of hydrogen-bond acceptors (Lipinski definition) is 6. The fraction of sp³-hybridized carbons (Fsp3) is 0. The van der Waals surface area contributed by atoms with Crippen LogP contribution in [-0.2, 0) is 0 Å². The molecule has 12 heterocycles. The summed E-state index contributed by atoms with van der Waals surface area (Å²) in [6.45, 7) is 0. The molecule has 0 bridgehead atoms. The first kappa shape index (κ1) is 79.6. The first-order valence-electron chi connectivity index (χ1n) is 50.6. The molecule has 0 amide bonds. The van der Waals surface area contributed by atoms with Crippen LogP contribution in [0.3, 0.4) is 0 Å². The van der Waals surface area contributed by atoms with Crippen LogP contribution in [-0.4, -0.2) is 56.8 Å². The molecule has 680 valence electrons. The summed E-state index contributed by atoms with van der Waals surface area (Å²) in [4.78, 5) is 33.8. The Balaban J connectivity index is 0.512. The average molecular weight is 1880 g/mol. The molecule has 0 saturated carbocycles. The SMILES string of the molecule is c1ccc(-c2ccc3c(c2)c2cc4c5ccccc5n5c6ccccc6c(c2n3-c2nc(-c3ccc(-c6ccc7c(-c8ccc9c(c8)c8cc%10c%11ccccc%11n%11c%12ccccc%12c(c8n9-c8nc(-c9cccc(-c%12ccc%13c(c%12)c%12cc%14c%15cc(-c%16ccccc%16)ccc%15n(-c%15nc(-c%16ccccc%16)nc%16ccccc%15%16)c%14c%14c%15ccccc%15n%13c%12%14)c9)nc9ccccc89)c%10%11)cccc7c6)cc3)c3ccccc3n2)c45)cc1. The van der Waals surface area contributed by atoms with Gasteiger partial charge in [-0.15, -0.1) is 0 Å². The van der Waals surface area contributed by atoms with Gasteiger partial charge in [0.1, 0.15) is 11.6 Å². The number of benzene rings is 22. The van der Waals surface area contributed by atoms with Crippen molar-refractivity contribution in [2.75, 3.05) is 0 Å². The third-order valence-electron chi connectivity index (χ3n) is 32.1. The molecule has 34 rings (SSSR count). The van der Waals surface area contributed by atoms with Crippen molar-refractivity contribution < 1.29 is 0 Å². The topological polar surface area (TPSA) is 105 Å². The largest absolute Gasteiger partial charge is 0.308 e. The molecule has 12 aromatic heterocycles. The van der Waals surface area contributed by atoms with Gasteiger partial charge in [-0.2, -0.15) is 0 Å².